The summed E-state index contributed by atoms with van der Waals surface area (Å²) in [5, 5.41) is 2.30. The molecule has 0 aromatic rings. The average molecular weight is 258 g/mol. The van der Waals surface area contributed by atoms with E-state index in [2.05, 4.69) is 38.8 Å². The Morgan fingerprint density at radius 2 is 1.89 bits per heavy atom. The maximum Gasteiger partial charge on any atom is 0.00599 e. The molecule has 56 valence electrons. The third kappa shape index (κ3) is 5.41. The molecule has 0 aliphatic heterocycles. The van der Waals surface area contributed by atoms with Gasteiger partial charge in [-0.3, -0.25) is 0 Å². The van der Waals surface area contributed by atoms with E-state index in [1.165, 1.54) is 19.3 Å². The molecule has 0 aromatic heterocycles. The van der Waals surface area contributed by atoms with E-state index in [0.717, 1.165) is 16.6 Å². The zero-order chi connectivity index (χ0) is 7.11. The second-order valence-corrected chi connectivity index (χ2v) is 3.73. The molecule has 0 saturated carbocycles. The summed E-state index contributed by atoms with van der Waals surface area (Å²) in [6, 6.07) is 0. The molecule has 1 unspecified atom stereocenters. The van der Waals surface area contributed by atoms with Gasteiger partial charge < -0.3 is 0 Å². The second-order valence-electron chi connectivity index (χ2n) is 2.29. The third-order valence-electron chi connectivity index (χ3n) is 1.43. The number of halogens is 2. The van der Waals surface area contributed by atoms with Gasteiger partial charge in [-0.2, -0.15) is 0 Å². The number of rotatable bonds is 5. The normalized spacial score (nSPS) is 13.7. The minimum absolute atomic E-state index is 0.884. The first-order chi connectivity index (χ1) is 4.35. The van der Waals surface area contributed by atoms with Crippen molar-refractivity contribution >= 4 is 31.9 Å². The number of hydrogen-bond acceptors (Lipinski definition) is 0. The van der Waals surface area contributed by atoms with Crippen LogP contribution in [0.2, 0.25) is 0 Å². The van der Waals surface area contributed by atoms with Gasteiger partial charge in [-0.05, 0) is 18.8 Å². The lowest BCUT2D eigenvalue weighted by molar-refractivity contribution is 0.526. The van der Waals surface area contributed by atoms with Crippen molar-refractivity contribution in [1.82, 2.24) is 0 Å². The van der Waals surface area contributed by atoms with Crippen LogP contribution in [0.15, 0.2) is 0 Å². The van der Waals surface area contributed by atoms with Gasteiger partial charge in [0.2, 0.25) is 0 Å². The van der Waals surface area contributed by atoms with Gasteiger partial charge in [0, 0.05) is 10.7 Å². The van der Waals surface area contributed by atoms with E-state index in [1.807, 2.05) is 0 Å². The molecule has 1 atom stereocenters. The lowest BCUT2D eigenvalue weighted by Gasteiger charge is -2.09. The molecule has 0 fully saturated rings. The SMILES string of the molecule is CCCC(CBr)CCBr. The van der Waals surface area contributed by atoms with E-state index < -0.39 is 0 Å². The van der Waals surface area contributed by atoms with Crippen molar-refractivity contribution in [2.24, 2.45) is 5.92 Å². The first-order valence-corrected chi connectivity index (χ1v) is 5.71. The highest BCUT2D eigenvalue weighted by Crippen LogP contribution is 2.14. The van der Waals surface area contributed by atoms with Crippen LogP contribution in [0.4, 0.5) is 0 Å². The molecule has 2 heteroatoms. The Hall–Kier alpha value is 0.960. The van der Waals surface area contributed by atoms with E-state index in [0.29, 0.717) is 0 Å². The Morgan fingerprint density at radius 1 is 1.22 bits per heavy atom. The zero-order valence-corrected chi connectivity index (χ0v) is 9.04. The van der Waals surface area contributed by atoms with Gasteiger partial charge in [-0.25, -0.2) is 0 Å². The summed E-state index contributed by atoms with van der Waals surface area (Å²) < 4.78 is 0. The van der Waals surface area contributed by atoms with E-state index in [4.69, 9.17) is 0 Å². The standard InChI is InChI=1S/C7H14Br2/c1-2-3-7(6-9)4-5-8/h7H,2-6H2,1H3. The minimum Gasteiger partial charge on any atom is -0.0928 e. The Kier molecular flexibility index (Phi) is 7.83. The van der Waals surface area contributed by atoms with Crippen LogP contribution in [0, 0.1) is 5.92 Å². The summed E-state index contributed by atoms with van der Waals surface area (Å²) in [5.41, 5.74) is 0. The smallest absolute Gasteiger partial charge is 0.00599 e. The molecule has 0 spiro atoms. The Balaban J connectivity index is 3.18. The summed E-state index contributed by atoms with van der Waals surface area (Å²) >= 11 is 6.94. The van der Waals surface area contributed by atoms with Crippen LogP contribution in [0.5, 0.6) is 0 Å². The lowest BCUT2D eigenvalue weighted by atomic mass is 10.0. The highest BCUT2D eigenvalue weighted by molar-refractivity contribution is 9.09. The summed E-state index contributed by atoms with van der Waals surface area (Å²) in [6.45, 7) is 2.24. The van der Waals surface area contributed by atoms with E-state index in [9.17, 15) is 0 Å². The molecule has 0 rings (SSSR count). The predicted molar refractivity (Wildman–Crippen MR) is 50.6 cm³/mol. The molecule has 0 radical (unpaired) electrons. The molecule has 0 bridgehead atoms. The highest BCUT2D eigenvalue weighted by Gasteiger charge is 2.02. The quantitative estimate of drug-likeness (QED) is 0.661. The zero-order valence-electron chi connectivity index (χ0n) is 5.87. The van der Waals surface area contributed by atoms with Gasteiger partial charge >= 0.3 is 0 Å². The Morgan fingerprint density at radius 3 is 2.22 bits per heavy atom. The monoisotopic (exact) mass is 256 g/mol. The van der Waals surface area contributed by atoms with Crippen molar-refractivity contribution in [2.75, 3.05) is 10.7 Å². The van der Waals surface area contributed by atoms with Gasteiger partial charge in [0.1, 0.15) is 0 Å². The van der Waals surface area contributed by atoms with E-state index in [-0.39, 0.29) is 0 Å². The van der Waals surface area contributed by atoms with E-state index >= 15 is 0 Å². The summed E-state index contributed by atoms with van der Waals surface area (Å²) in [5.74, 6) is 0.884. The van der Waals surface area contributed by atoms with Crippen LogP contribution in [-0.4, -0.2) is 10.7 Å². The summed E-state index contributed by atoms with van der Waals surface area (Å²) in [6.07, 6.45) is 3.97. The fourth-order valence-corrected chi connectivity index (χ4v) is 2.16. The third-order valence-corrected chi connectivity index (χ3v) is 2.81. The van der Waals surface area contributed by atoms with Crippen LogP contribution in [0.1, 0.15) is 26.2 Å². The van der Waals surface area contributed by atoms with Gasteiger partial charge in [0.15, 0.2) is 0 Å². The maximum absolute atomic E-state index is 3.50. The first-order valence-electron chi connectivity index (χ1n) is 3.47. The number of hydrogen-bond donors (Lipinski definition) is 0. The Labute approximate surface area is 74.7 Å². The van der Waals surface area contributed by atoms with Gasteiger partial charge in [-0.1, -0.05) is 45.2 Å². The van der Waals surface area contributed by atoms with Crippen LogP contribution in [-0.2, 0) is 0 Å². The molecule has 9 heavy (non-hydrogen) atoms. The van der Waals surface area contributed by atoms with Gasteiger partial charge in [0.05, 0.1) is 0 Å². The van der Waals surface area contributed by atoms with E-state index in [1.54, 1.807) is 0 Å². The molecule has 0 aliphatic rings. The fraction of sp³-hybridized carbons (Fsp3) is 1.00. The van der Waals surface area contributed by atoms with Crippen LogP contribution < -0.4 is 0 Å². The van der Waals surface area contributed by atoms with Crippen LogP contribution >= 0.6 is 31.9 Å². The summed E-state index contributed by atoms with van der Waals surface area (Å²) in [7, 11) is 0. The van der Waals surface area contributed by atoms with Gasteiger partial charge in [-0.15, -0.1) is 0 Å². The molecule has 0 aliphatic carbocycles. The number of alkyl halides is 2. The molecule has 0 N–H and O–H groups in total. The maximum atomic E-state index is 3.50. The van der Waals surface area contributed by atoms with Crippen molar-refractivity contribution < 1.29 is 0 Å². The van der Waals surface area contributed by atoms with Crippen molar-refractivity contribution in [2.45, 2.75) is 26.2 Å². The van der Waals surface area contributed by atoms with Crippen LogP contribution in [0.3, 0.4) is 0 Å². The topological polar surface area (TPSA) is 0 Å². The first kappa shape index (κ1) is 9.96. The van der Waals surface area contributed by atoms with Crippen molar-refractivity contribution in [3.8, 4) is 0 Å². The lowest BCUT2D eigenvalue weighted by Crippen LogP contribution is -2.01. The van der Waals surface area contributed by atoms with Crippen molar-refractivity contribution in [3.05, 3.63) is 0 Å². The minimum atomic E-state index is 0.884. The fourth-order valence-electron chi connectivity index (χ4n) is 0.861. The predicted octanol–water partition coefficient (Wildman–Crippen LogP) is 3.58. The highest BCUT2D eigenvalue weighted by atomic mass is 79.9. The van der Waals surface area contributed by atoms with Crippen molar-refractivity contribution in [3.63, 3.8) is 0 Å². The van der Waals surface area contributed by atoms with Gasteiger partial charge in [0.25, 0.3) is 0 Å². The molecule has 0 saturated heterocycles. The molecular weight excluding hydrogens is 244 g/mol. The van der Waals surface area contributed by atoms with Crippen molar-refractivity contribution in [1.29, 1.82) is 0 Å². The second kappa shape index (κ2) is 7.07. The molecule has 0 aromatic carbocycles. The molecule has 0 heterocycles. The largest absolute Gasteiger partial charge is 0.0928 e. The Bertz CT molecular complexity index is 48.9. The van der Waals surface area contributed by atoms with Crippen LogP contribution in [0.25, 0.3) is 0 Å². The molecule has 0 nitrogen and oxygen atoms in total. The molecular formula is C7H14Br2. The molecule has 0 amide bonds. The average Bonchev–Trinajstić information content (AvgIpc) is 1.88. The summed E-state index contributed by atoms with van der Waals surface area (Å²) in [4.78, 5) is 0.